The number of hydrogen-bond acceptors (Lipinski definition) is 8. The number of hydroxylamine groups is 1. The number of sulfonamides is 1. The van der Waals surface area contributed by atoms with Gasteiger partial charge in [0.25, 0.3) is 10.0 Å². The molecule has 0 amide bonds. The van der Waals surface area contributed by atoms with E-state index in [0.717, 1.165) is 17.6 Å². The van der Waals surface area contributed by atoms with Crippen LogP contribution in [0.25, 0.3) is 0 Å². The Bertz CT molecular complexity index is 747. The largest absolute Gasteiger partial charge is 0.468 e. The lowest BCUT2D eigenvalue weighted by Crippen LogP contribution is -2.51. The van der Waals surface area contributed by atoms with Gasteiger partial charge in [-0.2, -0.15) is 0 Å². The molecular formula is C17H25N3O6S. The molecule has 0 aromatic carbocycles. The molecule has 0 bridgehead atoms. The monoisotopic (exact) mass is 399 g/mol. The lowest BCUT2D eigenvalue weighted by molar-refractivity contribution is -0.141. The van der Waals surface area contributed by atoms with Crippen LogP contribution in [0.4, 0.5) is 0 Å². The van der Waals surface area contributed by atoms with Gasteiger partial charge in [0.05, 0.1) is 39.6 Å². The van der Waals surface area contributed by atoms with Crippen LogP contribution < -0.4 is 4.74 Å². The van der Waals surface area contributed by atoms with E-state index in [1.807, 2.05) is 0 Å². The summed E-state index contributed by atoms with van der Waals surface area (Å²) < 4.78 is 44.3. The molecule has 0 atom stereocenters. The molecule has 0 radical (unpaired) electrons. The van der Waals surface area contributed by atoms with Crippen molar-refractivity contribution in [2.45, 2.75) is 23.3 Å². The SMILES string of the molecule is O=S1(=O)c2cccnc2OC2(CCOCC2)CN1OCCN1CCOCC1. The molecule has 0 aliphatic carbocycles. The third kappa shape index (κ3) is 4.10. The summed E-state index contributed by atoms with van der Waals surface area (Å²) in [5.41, 5.74) is -0.691. The van der Waals surface area contributed by atoms with Gasteiger partial charge < -0.3 is 14.2 Å². The van der Waals surface area contributed by atoms with E-state index >= 15 is 0 Å². The highest BCUT2D eigenvalue weighted by Gasteiger charge is 2.46. The first-order valence-corrected chi connectivity index (χ1v) is 10.7. The molecule has 1 aromatic heterocycles. The summed E-state index contributed by atoms with van der Waals surface area (Å²) in [6.45, 7) is 5.12. The fourth-order valence-electron chi connectivity index (χ4n) is 3.53. The van der Waals surface area contributed by atoms with Gasteiger partial charge in [-0.15, -0.1) is 0 Å². The Kier molecular flexibility index (Phi) is 5.62. The summed E-state index contributed by atoms with van der Waals surface area (Å²) in [5.74, 6) is 0.138. The smallest absolute Gasteiger partial charge is 0.270 e. The van der Waals surface area contributed by atoms with Gasteiger partial charge in [-0.05, 0) is 12.1 Å². The average Bonchev–Trinajstić information content (AvgIpc) is 2.77. The van der Waals surface area contributed by atoms with Gasteiger partial charge in [0, 0.05) is 38.7 Å². The number of nitrogens with zero attached hydrogens (tertiary/aromatic N) is 3. The molecule has 1 aromatic rings. The second-order valence-corrected chi connectivity index (χ2v) is 8.75. The van der Waals surface area contributed by atoms with Gasteiger partial charge in [0.2, 0.25) is 5.88 Å². The molecule has 2 saturated heterocycles. The standard InChI is InChI=1S/C17H25N3O6S/c21-27(22)15-2-1-5-18-16(15)26-17(3-9-23-10-4-17)14-20(27)25-13-8-19-6-11-24-12-7-19/h1-2,5H,3-4,6-14H2. The molecule has 4 rings (SSSR count). The summed E-state index contributed by atoms with van der Waals surface area (Å²) in [7, 11) is -3.86. The van der Waals surface area contributed by atoms with Crippen molar-refractivity contribution in [3.8, 4) is 5.88 Å². The summed E-state index contributed by atoms with van der Waals surface area (Å²) >= 11 is 0. The van der Waals surface area contributed by atoms with Crippen LogP contribution in [0.3, 0.4) is 0 Å². The van der Waals surface area contributed by atoms with Crippen LogP contribution in [0.2, 0.25) is 0 Å². The van der Waals surface area contributed by atoms with Gasteiger partial charge in [-0.3, -0.25) is 9.74 Å². The van der Waals surface area contributed by atoms with Crippen molar-refractivity contribution in [3.63, 3.8) is 0 Å². The maximum Gasteiger partial charge on any atom is 0.270 e. The zero-order valence-electron chi connectivity index (χ0n) is 15.2. The van der Waals surface area contributed by atoms with Crippen LogP contribution in [0.15, 0.2) is 23.2 Å². The summed E-state index contributed by atoms with van der Waals surface area (Å²) in [4.78, 5) is 12.2. The fourth-order valence-corrected chi connectivity index (χ4v) is 4.93. The highest BCUT2D eigenvalue weighted by atomic mass is 32.2. The Morgan fingerprint density at radius 1 is 1.15 bits per heavy atom. The molecule has 9 nitrogen and oxygen atoms in total. The minimum Gasteiger partial charge on any atom is -0.468 e. The Morgan fingerprint density at radius 3 is 2.67 bits per heavy atom. The average molecular weight is 399 g/mol. The Balaban J connectivity index is 1.54. The van der Waals surface area contributed by atoms with E-state index in [4.69, 9.17) is 19.0 Å². The molecule has 0 saturated carbocycles. The van der Waals surface area contributed by atoms with Crippen LogP contribution >= 0.6 is 0 Å². The number of hydrogen-bond donors (Lipinski definition) is 0. The first-order chi connectivity index (χ1) is 13.1. The lowest BCUT2D eigenvalue weighted by Gasteiger charge is -2.37. The zero-order chi connectivity index (χ0) is 18.7. The molecule has 0 N–H and O–H groups in total. The predicted octanol–water partition coefficient (Wildman–Crippen LogP) is 0.278. The highest BCUT2D eigenvalue weighted by molar-refractivity contribution is 7.89. The van der Waals surface area contributed by atoms with Crippen LogP contribution in [-0.2, 0) is 24.3 Å². The summed E-state index contributed by atoms with van der Waals surface area (Å²) in [6.07, 6.45) is 2.71. The van der Waals surface area contributed by atoms with Crippen molar-refractivity contribution < 1.29 is 27.5 Å². The number of fused-ring (bicyclic) bond motifs is 1. The molecule has 150 valence electrons. The van der Waals surface area contributed by atoms with Gasteiger partial charge >= 0.3 is 0 Å². The first kappa shape index (κ1) is 19.0. The zero-order valence-corrected chi connectivity index (χ0v) is 16.0. The second-order valence-electron chi connectivity index (χ2n) is 6.96. The Hall–Kier alpha value is -1.30. The van der Waals surface area contributed by atoms with Crippen LogP contribution in [0.1, 0.15) is 12.8 Å². The number of rotatable bonds is 4. The number of ether oxygens (including phenoxy) is 3. The number of morpholine rings is 1. The topological polar surface area (TPSA) is 90.4 Å². The van der Waals surface area contributed by atoms with E-state index in [0.29, 0.717) is 45.8 Å². The maximum absolute atomic E-state index is 13.1. The maximum atomic E-state index is 13.1. The minimum atomic E-state index is -3.86. The molecule has 2 fully saturated rings. The van der Waals surface area contributed by atoms with Crippen molar-refractivity contribution in [1.29, 1.82) is 0 Å². The van der Waals surface area contributed by atoms with Crippen molar-refractivity contribution in [1.82, 2.24) is 14.4 Å². The fraction of sp³-hybridized carbons (Fsp3) is 0.706. The quantitative estimate of drug-likeness (QED) is 0.713. The van der Waals surface area contributed by atoms with Gasteiger partial charge in [-0.25, -0.2) is 13.4 Å². The molecule has 1 spiro atoms. The van der Waals surface area contributed by atoms with Gasteiger partial charge in [-0.1, -0.05) is 4.47 Å². The van der Waals surface area contributed by atoms with E-state index in [1.165, 1.54) is 12.3 Å². The van der Waals surface area contributed by atoms with E-state index in [2.05, 4.69) is 9.88 Å². The molecule has 0 unspecified atom stereocenters. The van der Waals surface area contributed by atoms with Crippen molar-refractivity contribution in [2.75, 3.05) is 59.2 Å². The molecule has 10 heteroatoms. The third-order valence-electron chi connectivity index (χ3n) is 5.16. The summed E-state index contributed by atoms with van der Waals surface area (Å²) in [5, 5.41) is 0. The van der Waals surface area contributed by atoms with Crippen LogP contribution in [0, 0.1) is 0 Å². The molecule has 3 aliphatic rings. The first-order valence-electron chi connectivity index (χ1n) is 9.27. The van der Waals surface area contributed by atoms with E-state index in [-0.39, 0.29) is 23.9 Å². The van der Waals surface area contributed by atoms with Gasteiger partial charge in [0.15, 0.2) is 0 Å². The summed E-state index contributed by atoms with van der Waals surface area (Å²) in [6, 6.07) is 3.10. The van der Waals surface area contributed by atoms with Crippen LogP contribution in [0.5, 0.6) is 5.88 Å². The molecule has 4 heterocycles. The molecular weight excluding hydrogens is 374 g/mol. The van der Waals surface area contributed by atoms with Crippen molar-refractivity contribution >= 4 is 10.0 Å². The Morgan fingerprint density at radius 2 is 1.89 bits per heavy atom. The molecule has 27 heavy (non-hydrogen) atoms. The normalized spacial score (nSPS) is 25.5. The number of pyridine rings is 1. The molecule has 3 aliphatic heterocycles. The van der Waals surface area contributed by atoms with Crippen molar-refractivity contribution in [2.24, 2.45) is 0 Å². The third-order valence-corrected chi connectivity index (χ3v) is 6.80. The van der Waals surface area contributed by atoms with Crippen molar-refractivity contribution in [3.05, 3.63) is 18.3 Å². The lowest BCUT2D eigenvalue weighted by atomic mass is 9.94. The highest BCUT2D eigenvalue weighted by Crippen LogP contribution is 2.37. The van der Waals surface area contributed by atoms with E-state index < -0.39 is 15.6 Å². The van der Waals surface area contributed by atoms with E-state index in [9.17, 15) is 8.42 Å². The minimum absolute atomic E-state index is 0.0414. The van der Waals surface area contributed by atoms with Gasteiger partial charge in [0.1, 0.15) is 10.5 Å². The predicted molar refractivity (Wildman–Crippen MR) is 94.8 cm³/mol. The Labute approximate surface area is 159 Å². The van der Waals surface area contributed by atoms with Crippen LogP contribution in [-0.4, -0.2) is 87.6 Å². The van der Waals surface area contributed by atoms with E-state index in [1.54, 1.807) is 6.07 Å². The second kappa shape index (κ2) is 7.98. The number of aromatic nitrogens is 1.